The van der Waals surface area contributed by atoms with E-state index >= 15 is 0 Å². The molecule has 3 heteroatoms. The van der Waals surface area contributed by atoms with Gasteiger partial charge in [-0.15, -0.1) is 0 Å². The van der Waals surface area contributed by atoms with Crippen molar-refractivity contribution in [3.63, 3.8) is 0 Å². The average Bonchev–Trinajstić information content (AvgIpc) is 2.42. The highest BCUT2D eigenvalue weighted by Gasteiger charge is 2.05. The summed E-state index contributed by atoms with van der Waals surface area (Å²) in [4.78, 5) is 4.66. The summed E-state index contributed by atoms with van der Waals surface area (Å²) >= 11 is 0. The molecule has 0 unspecified atom stereocenters. The van der Waals surface area contributed by atoms with Crippen LogP contribution >= 0.6 is 0 Å². The van der Waals surface area contributed by atoms with Gasteiger partial charge in [-0.2, -0.15) is 0 Å². The van der Waals surface area contributed by atoms with Crippen molar-refractivity contribution in [1.82, 2.24) is 10.3 Å². The summed E-state index contributed by atoms with van der Waals surface area (Å²) in [5, 5.41) is 6.93. The van der Waals surface area contributed by atoms with Gasteiger partial charge < -0.3 is 10.6 Å². The molecule has 0 aliphatic carbocycles. The van der Waals surface area contributed by atoms with Gasteiger partial charge in [-0.3, -0.25) is 0 Å². The molecule has 20 heavy (non-hydrogen) atoms. The highest BCUT2D eigenvalue weighted by molar-refractivity contribution is 5.38. The number of aromatic nitrogens is 1. The maximum absolute atomic E-state index is 4.66. The molecule has 1 heterocycles. The highest BCUT2D eigenvalue weighted by atomic mass is 15.0. The molecule has 0 radical (unpaired) electrons. The van der Waals surface area contributed by atoms with E-state index in [0.29, 0.717) is 5.92 Å². The van der Waals surface area contributed by atoms with E-state index in [9.17, 15) is 0 Å². The summed E-state index contributed by atoms with van der Waals surface area (Å²) in [7, 11) is 0. The summed E-state index contributed by atoms with van der Waals surface area (Å²) < 4.78 is 0. The Labute approximate surface area is 124 Å². The summed E-state index contributed by atoms with van der Waals surface area (Å²) in [6.45, 7) is 14.0. The second-order valence-corrected chi connectivity index (χ2v) is 6.03. The highest BCUT2D eigenvalue weighted by Crippen LogP contribution is 2.13. The zero-order valence-corrected chi connectivity index (χ0v) is 13.8. The van der Waals surface area contributed by atoms with E-state index in [2.05, 4.69) is 62.4 Å². The minimum Gasteiger partial charge on any atom is -0.370 e. The third-order valence-corrected chi connectivity index (χ3v) is 3.79. The third-order valence-electron chi connectivity index (χ3n) is 3.79. The normalized spacial score (nSPS) is 11.3. The van der Waals surface area contributed by atoms with Crippen molar-refractivity contribution < 1.29 is 0 Å². The van der Waals surface area contributed by atoms with Crippen LogP contribution in [-0.2, 0) is 6.54 Å². The Balaban J connectivity index is 2.50. The standard InChI is InChI=1S/C17H31N3/c1-6-15(7-2)11-19-17-9-8-16(14(5)20-17)12-18-10-13(3)4/h8-9,13,15,18H,6-7,10-12H2,1-5H3,(H,19,20). The van der Waals surface area contributed by atoms with Crippen LogP contribution in [0.1, 0.15) is 51.8 Å². The number of nitrogens with one attached hydrogen (secondary N) is 2. The van der Waals surface area contributed by atoms with Gasteiger partial charge >= 0.3 is 0 Å². The van der Waals surface area contributed by atoms with Crippen LogP contribution in [0.5, 0.6) is 0 Å². The zero-order valence-electron chi connectivity index (χ0n) is 13.8. The lowest BCUT2D eigenvalue weighted by Gasteiger charge is -2.15. The van der Waals surface area contributed by atoms with Gasteiger partial charge in [-0.25, -0.2) is 4.98 Å². The molecular formula is C17H31N3. The van der Waals surface area contributed by atoms with Crippen LogP contribution in [0.25, 0.3) is 0 Å². The quantitative estimate of drug-likeness (QED) is 0.717. The summed E-state index contributed by atoms with van der Waals surface area (Å²) in [6.07, 6.45) is 2.44. The molecule has 3 nitrogen and oxygen atoms in total. The first kappa shape index (κ1) is 17.0. The number of hydrogen-bond acceptors (Lipinski definition) is 3. The zero-order chi connectivity index (χ0) is 15.0. The molecule has 1 rings (SSSR count). The Hall–Kier alpha value is -1.09. The van der Waals surface area contributed by atoms with Crippen molar-refractivity contribution in [2.45, 2.75) is 54.0 Å². The van der Waals surface area contributed by atoms with Gasteiger partial charge in [0.2, 0.25) is 0 Å². The van der Waals surface area contributed by atoms with Crippen LogP contribution < -0.4 is 10.6 Å². The van der Waals surface area contributed by atoms with Crippen molar-refractivity contribution in [3.05, 3.63) is 23.4 Å². The SMILES string of the molecule is CCC(CC)CNc1ccc(CNCC(C)C)c(C)n1. The topological polar surface area (TPSA) is 37.0 Å². The molecule has 0 aliphatic heterocycles. The lowest BCUT2D eigenvalue weighted by molar-refractivity contribution is 0.518. The first-order chi connectivity index (χ1) is 9.56. The number of nitrogens with zero attached hydrogens (tertiary/aromatic N) is 1. The molecule has 0 spiro atoms. The van der Waals surface area contributed by atoms with Gasteiger partial charge in [0, 0.05) is 18.8 Å². The second-order valence-electron chi connectivity index (χ2n) is 6.03. The van der Waals surface area contributed by atoms with Crippen molar-refractivity contribution in [2.75, 3.05) is 18.4 Å². The Bertz CT molecular complexity index is 384. The van der Waals surface area contributed by atoms with Gasteiger partial charge in [-0.1, -0.05) is 46.6 Å². The Kier molecular flexibility index (Phi) is 7.60. The van der Waals surface area contributed by atoms with Crippen LogP contribution in [0.2, 0.25) is 0 Å². The van der Waals surface area contributed by atoms with E-state index in [4.69, 9.17) is 0 Å². The maximum atomic E-state index is 4.66. The van der Waals surface area contributed by atoms with Crippen LogP contribution in [0.3, 0.4) is 0 Å². The Morgan fingerprint density at radius 2 is 1.80 bits per heavy atom. The van der Waals surface area contributed by atoms with Gasteiger partial charge in [0.05, 0.1) is 0 Å². The molecule has 0 amide bonds. The molecule has 0 saturated heterocycles. The molecule has 0 aliphatic rings. The van der Waals surface area contributed by atoms with Gasteiger partial charge in [-0.05, 0) is 36.9 Å². The smallest absolute Gasteiger partial charge is 0.126 e. The summed E-state index contributed by atoms with van der Waals surface area (Å²) in [6, 6.07) is 4.28. The Morgan fingerprint density at radius 3 is 2.35 bits per heavy atom. The molecule has 0 bridgehead atoms. The first-order valence-corrected chi connectivity index (χ1v) is 7.97. The predicted octanol–water partition coefficient (Wildman–Crippen LogP) is 3.98. The van der Waals surface area contributed by atoms with Crippen LogP contribution in [0, 0.1) is 18.8 Å². The lowest BCUT2D eigenvalue weighted by Crippen LogP contribution is -2.20. The van der Waals surface area contributed by atoms with Crippen molar-refractivity contribution in [2.24, 2.45) is 11.8 Å². The second kappa shape index (κ2) is 8.96. The molecule has 0 fully saturated rings. The van der Waals surface area contributed by atoms with E-state index in [0.717, 1.165) is 37.1 Å². The van der Waals surface area contributed by atoms with Crippen molar-refractivity contribution in [1.29, 1.82) is 0 Å². The van der Waals surface area contributed by atoms with Crippen LogP contribution in [0.4, 0.5) is 5.82 Å². The van der Waals surface area contributed by atoms with E-state index in [-0.39, 0.29) is 0 Å². The summed E-state index contributed by atoms with van der Waals surface area (Å²) in [5.41, 5.74) is 2.41. The van der Waals surface area contributed by atoms with E-state index in [1.54, 1.807) is 0 Å². The molecular weight excluding hydrogens is 246 g/mol. The number of anilines is 1. The molecule has 0 saturated carbocycles. The van der Waals surface area contributed by atoms with Crippen molar-refractivity contribution in [3.8, 4) is 0 Å². The number of pyridine rings is 1. The fourth-order valence-corrected chi connectivity index (χ4v) is 2.20. The van der Waals surface area contributed by atoms with E-state index < -0.39 is 0 Å². The Morgan fingerprint density at radius 1 is 1.10 bits per heavy atom. The summed E-state index contributed by atoms with van der Waals surface area (Å²) in [5.74, 6) is 2.43. The van der Waals surface area contributed by atoms with Gasteiger partial charge in [0.15, 0.2) is 0 Å². The fourth-order valence-electron chi connectivity index (χ4n) is 2.20. The van der Waals surface area contributed by atoms with Crippen LogP contribution in [0.15, 0.2) is 12.1 Å². The molecule has 1 aromatic heterocycles. The number of aryl methyl sites for hydroxylation is 1. The monoisotopic (exact) mass is 277 g/mol. The minimum atomic E-state index is 0.684. The third kappa shape index (κ3) is 5.91. The van der Waals surface area contributed by atoms with Crippen molar-refractivity contribution >= 4 is 5.82 Å². The largest absolute Gasteiger partial charge is 0.370 e. The van der Waals surface area contributed by atoms with Gasteiger partial charge in [0.1, 0.15) is 5.82 Å². The molecule has 1 aromatic rings. The minimum absolute atomic E-state index is 0.684. The van der Waals surface area contributed by atoms with Gasteiger partial charge in [0.25, 0.3) is 0 Å². The maximum Gasteiger partial charge on any atom is 0.126 e. The predicted molar refractivity (Wildman–Crippen MR) is 88.1 cm³/mol. The number of hydrogen-bond donors (Lipinski definition) is 2. The van der Waals surface area contributed by atoms with Crippen LogP contribution in [-0.4, -0.2) is 18.1 Å². The lowest BCUT2D eigenvalue weighted by atomic mass is 10.0. The molecule has 114 valence electrons. The fraction of sp³-hybridized carbons (Fsp3) is 0.706. The average molecular weight is 277 g/mol. The molecule has 0 atom stereocenters. The van der Waals surface area contributed by atoms with E-state index in [1.807, 2.05) is 0 Å². The molecule has 0 aromatic carbocycles. The number of rotatable bonds is 9. The molecule has 2 N–H and O–H groups in total. The van der Waals surface area contributed by atoms with E-state index in [1.165, 1.54) is 18.4 Å². The first-order valence-electron chi connectivity index (χ1n) is 7.97.